The molecule has 31 heavy (non-hydrogen) atoms. The maximum Gasteiger partial charge on any atom is 0.337 e. The summed E-state index contributed by atoms with van der Waals surface area (Å²) in [6.07, 6.45) is 0. The number of carbonyl (C=O) groups excluding carboxylic acids is 1. The van der Waals surface area contributed by atoms with Gasteiger partial charge < -0.3 is 9.30 Å². The van der Waals surface area contributed by atoms with Gasteiger partial charge in [-0.25, -0.2) is 9.78 Å². The molecule has 0 aliphatic heterocycles. The Morgan fingerprint density at radius 3 is 2.29 bits per heavy atom. The van der Waals surface area contributed by atoms with Crippen molar-refractivity contribution in [2.24, 2.45) is 0 Å². The van der Waals surface area contributed by atoms with Gasteiger partial charge in [0.15, 0.2) is 0 Å². The fraction of sp³-hybridized carbons (Fsp3) is 0.125. The first-order valence-electron chi connectivity index (χ1n) is 9.51. The fourth-order valence-corrected chi connectivity index (χ4v) is 3.66. The predicted octanol–water partition coefficient (Wildman–Crippen LogP) is 5.51. The highest BCUT2D eigenvalue weighted by Crippen LogP contribution is 2.28. The van der Waals surface area contributed by atoms with Crippen molar-refractivity contribution in [2.45, 2.75) is 13.5 Å². The van der Waals surface area contributed by atoms with Crippen molar-refractivity contribution < 1.29 is 9.53 Å². The Labute approximate surface area is 188 Å². The minimum Gasteiger partial charge on any atom is -0.465 e. The number of hydrogen-bond acceptors (Lipinski definition) is 4. The number of hydrogen-bond donors (Lipinski definition) is 0. The van der Waals surface area contributed by atoms with Crippen molar-refractivity contribution in [1.82, 2.24) is 9.55 Å². The fourth-order valence-electron chi connectivity index (χ4n) is 3.34. The van der Waals surface area contributed by atoms with Gasteiger partial charge in [-0.2, -0.15) is 0 Å². The van der Waals surface area contributed by atoms with E-state index in [9.17, 15) is 9.59 Å². The van der Waals surface area contributed by atoms with E-state index in [0.717, 1.165) is 16.7 Å². The van der Waals surface area contributed by atoms with E-state index in [2.05, 4.69) is 4.98 Å². The van der Waals surface area contributed by atoms with Crippen molar-refractivity contribution in [3.8, 4) is 11.3 Å². The summed E-state index contributed by atoms with van der Waals surface area (Å²) in [5.41, 5.74) is 4.31. The molecule has 7 heteroatoms. The molecular formula is C24H18Cl2N2O3. The number of halogens is 2. The molecule has 4 rings (SSSR count). The number of aryl methyl sites for hydroxylation is 1. The molecule has 0 saturated heterocycles. The summed E-state index contributed by atoms with van der Waals surface area (Å²) < 4.78 is 6.36. The van der Waals surface area contributed by atoms with Crippen LogP contribution in [-0.4, -0.2) is 22.6 Å². The van der Waals surface area contributed by atoms with Crippen LogP contribution in [0.15, 0.2) is 65.5 Å². The number of methoxy groups -OCH3 is 1. The zero-order chi connectivity index (χ0) is 22.1. The summed E-state index contributed by atoms with van der Waals surface area (Å²) >= 11 is 12.5. The number of benzene rings is 3. The van der Waals surface area contributed by atoms with Gasteiger partial charge >= 0.3 is 5.97 Å². The van der Waals surface area contributed by atoms with Gasteiger partial charge in [-0.15, -0.1) is 0 Å². The minimum absolute atomic E-state index is 0.244. The second-order valence-electron chi connectivity index (χ2n) is 7.16. The molecule has 0 radical (unpaired) electrons. The Balaban J connectivity index is 1.88. The molecule has 3 aromatic carbocycles. The topological polar surface area (TPSA) is 61.2 Å². The molecule has 0 atom stereocenters. The van der Waals surface area contributed by atoms with Gasteiger partial charge in [0, 0.05) is 5.56 Å². The number of carbonyl (C=O) groups is 1. The van der Waals surface area contributed by atoms with Gasteiger partial charge in [0.25, 0.3) is 5.56 Å². The molecule has 0 spiro atoms. The zero-order valence-electron chi connectivity index (χ0n) is 16.9. The normalized spacial score (nSPS) is 11.0. The second-order valence-corrected chi connectivity index (χ2v) is 7.98. The lowest BCUT2D eigenvalue weighted by atomic mass is 10.1. The van der Waals surface area contributed by atoms with E-state index < -0.39 is 5.97 Å². The molecule has 0 aliphatic rings. The predicted molar refractivity (Wildman–Crippen MR) is 123 cm³/mol. The van der Waals surface area contributed by atoms with Crippen LogP contribution in [0.4, 0.5) is 0 Å². The van der Waals surface area contributed by atoms with Crippen LogP contribution in [0.3, 0.4) is 0 Å². The number of fused-ring (bicyclic) bond motifs is 1. The van der Waals surface area contributed by atoms with E-state index in [1.807, 2.05) is 31.2 Å². The third-order valence-corrected chi connectivity index (χ3v) is 5.75. The van der Waals surface area contributed by atoms with Crippen LogP contribution in [0.5, 0.6) is 0 Å². The molecule has 1 heterocycles. The highest BCUT2D eigenvalue weighted by molar-refractivity contribution is 6.42. The first-order valence-corrected chi connectivity index (χ1v) is 10.3. The SMILES string of the molecule is COC(=O)c1ccc(Cn2c(=O)c(-c3ccc(C)cc3)nc3cc(Cl)c(Cl)cc32)cc1. The third-order valence-electron chi connectivity index (χ3n) is 5.03. The average molecular weight is 453 g/mol. The Hall–Kier alpha value is -3.15. The highest BCUT2D eigenvalue weighted by atomic mass is 35.5. The highest BCUT2D eigenvalue weighted by Gasteiger charge is 2.15. The van der Waals surface area contributed by atoms with Crippen LogP contribution in [0.2, 0.25) is 10.0 Å². The Morgan fingerprint density at radius 2 is 1.65 bits per heavy atom. The van der Waals surface area contributed by atoms with Crippen LogP contribution in [-0.2, 0) is 11.3 Å². The maximum atomic E-state index is 13.4. The van der Waals surface area contributed by atoms with E-state index in [4.69, 9.17) is 27.9 Å². The zero-order valence-corrected chi connectivity index (χ0v) is 18.4. The van der Waals surface area contributed by atoms with Crippen LogP contribution in [0, 0.1) is 6.92 Å². The molecule has 0 fully saturated rings. The van der Waals surface area contributed by atoms with Crippen LogP contribution < -0.4 is 5.56 Å². The minimum atomic E-state index is -0.416. The van der Waals surface area contributed by atoms with Gasteiger partial charge in [0.2, 0.25) is 0 Å². The number of nitrogens with zero attached hydrogens (tertiary/aromatic N) is 2. The molecule has 1 aromatic heterocycles. The van der Waals surface area contributed by atoms with Crippen molar-refractivity contribution >= 4 is 40.2 Å². The molecule has 0 bridgehead atoms. The van der Waals surface area contributed by atoms with Gasteiger partial charge in [-0.3, -0.25) is 4.79 Å². The van der Waals surface area contributed by atoms with E-state index in [0.29, 0.717) is 32.3 Å². The lowest BCUT2D eigenvalue weighted by Gasteiger charge is -2.14. The smallest absolute Gasteiger partial charge is 0.337 e. The van der Waals surface area contributed by atoms with E-state index >= 15 is 0 Å². The first kappa shape index (κ1) is 21.1. The molecule has 0 aliphatic carbocycles. The largest absolute Gasteiger partial charge is 0.465 e. The Bertz CT molecular complexity index is 1340. The van der Waals surface area contributed by atoms with Crippen LogP contribution >= 0.6 is 23.2 Å². The second kappa shape index (κ2) is 8.53. The summed E-state index contributed by atoms with van der Waals surface area (Å²) in [4.78, 5) is 29.7. The molecule has 156 valence electrons. The van der Waals surface area contributed by atoms with Crippen molar-refractivity contribution in [1.29, 1.82) is 0 Å². The first-order chi connectivity index (χ1) is 14.9. The monoisotopic (exact) mass is 452 g/mol. The van der Waals surface area contributed by atoms with Crippen molar-refractivity contribution in [3.05, 3.63) is 97.8 Å². The summed E-state index contributed by atoms with van der Waals surface area (Å²) in [5.74, 6) is -0.416. The summed E-state index contributed by atoms with van der Waals surface area (Å²) in [7, 11) is 1.33. The van der Waals surface area contributed by atoms with Gasteiger partial charge in [-0.05, 0) is 36.8 Å². The summed E-state index contributed by atoms with van der Waals surface area (Å²) in [6.45, 7) is 2.26. The van der Waals surface area contributed by atoms with E-state index in [1.165, 1.54) is 7.11 Å². The van der Waals surface area contributed by atoms with Crippen molar-refractivity contribution in [3.63, 3.8) is 0 Å². The van der Waals surface area contributed by atoms with Crippen molar-refractivity contribution in [2.75, 3.05) is 7.11 Å². The number of rotatable bonds is 4. The standard InChI is InChI=1S/C24H18Cl2N2O3/c1-14-3-7-16(8-4-14)22-23(29)28(21-12-19(26)18(25)11-20(21)27-22)13-15-5-9-17(10-6-15)24(30)31-2/h3-12H,13H2,1-2H3. The number of ether oxygens (including phenoxy) is 1. The molecule has 5 nitrogen and oxygen atoms in total. The molecule has 0 amide bonds. The Morgan fingerprint density at radius 1 is 1.00 bits per heavy atom. The third kappa shape index (κ3) is 4.20. The average Bonchev–Trinajstić information content (AvgIpc) is 2.77. The molecule has 0 N–H and O–H groups in total. The lowest BCUT2D eigenvalue weighted by Crippen LogP contribution is -2.24. The molecule has 4 aromatic rings. The van der Waals surface area contributed by atoms with Gasteiger partial charge in [0.05, 0.1) is 40.3 Å². The number of esters is 1. The lowest BCUT2D eigenvalue weighted by molar-refractivity contribution is 0.0600. The summed E-state index contributed by atoms with van der Waals surface area (Å²) in [6, 6.07) is 17.8. The summed E-state index contributed by atoms with van der Waals surface area (Å²) in [5, 5.41) is 0.706. The quantitative estimate of drug-likeness (QED) is 0.382. The van der Waals surface area contributed by atoms with E-state index in [-0.39, 0.29) is 12.1 Å². The van der Waals surface area contributed by atoms with E-state index in [1.54, 1.807) is 41.0 Å². The molecule has 0 unspecified atom stereocenters. The van der Waals surface area contributed by atoms with Gasteiger partial charge in [-0.1, -0.05) is 65.2 Å². The maximum absolute atomic E-state index is 13.4. The van der Waals surface area contributed by atoms with Crippen LogP contribution in [0.1, 0.15) is 21.5 Å². The molecular weight excluding hydrogens is 435 g/mol. The number of aromatic nitrogens is 2. The molecule has 0 saturated carbocycles. The van der Waals surface area contributed by atoms with Gasteiger partial charge in [0.1, 0.15) is 5.69 Å². The van der Waals surface area contributed by atoms with Crippen LogP contribution in [0.25, 0.3) is 22.3 Å². The Kier molecular flexibility index (Phi) is 5.81.